The van der Waals surface area contributed by atoms with Gasteiger partial charge in [-0.15, -0.1) is 0 Å². The van der Waals surface area contributed by atoms with Gasteiger partial charge in [0.05, 0.1) is 11.1 Å². The number of benzene rings is 2. The van der Waals surface area contributed by atoms with E-state index in [0.717, 1.165) is 27.4 Å². The van der Waals surface area contributed by atoms with Crippen LogP contribution in [0.25, 0.3) is 27.4 Å². The molecule has 0 aliphatic carbocycles. The van der Waals surface area contributed by atoms with Crippen molar-refractivity contribution in [1.82, 2.24) is 4.40 Å². The van der Waals surface area contributed by atoms with E-state index < -0.39 is 0 Å². The fourth-order valence-corrected chi connectivity index (χ4v) is 3.06. The standard InChI is InChI=1S/C19H13N3/c20-12-16-17-10-3-4-11-22(17)19(21)18(16)15-9-5-7-13-6-1-2-8-14(13)15/h1-11H,21H2. The van der Waals surface area contributed by atoms with Crippen LogP contribution < -0.4 is 5.73 Å². The van der Waals surface area contributed by atoms with Crippen LogP contribution in [0.2, 0.25) is 0 Å². The first-order chi connectivity index (χ1) is 10.8. The zero-order chi connectivity index (χ0) is 15.1. The molecular weight excluding hydrogens is 270 g/mol. The van der Waals surface area contributed by atoms with Gasteiger partial charge in [0.15, 0.2) is 0 Å². The van der Waals surface area contributed by atoms with Gasteiger partial charge >= 0.3 is 0 Å². The summed E-state index contributed by atoms with van der Waals surface area (Å²) in [6, 6.07) is 22.3. The van der Waals surface area contributed by atoms with Crippen molar-refractivity contribution in [3.8, 4) is 17.2 Å². The number of pyridine rings is 1. The number of aromatic nitrogens is 1. The minimum atomic E-state index is 0.600. The van der Waals surface area contributed by atoms with Crippen LogP contribution in [0.5, 0.6) is 0 Å². The Hall–Kier alpha value is -3.25. The Morgan fingerprint density at radius 1 is 0.909 bits per heavy atom. The molecule has 3 nitrogen and oxygen atoms in total. The van der Waals surface area contributed by atoms with E-state index in [2.05, 4.69) is 24.3 Å². The van der Waals surface area contributed by atoms with Gasteiger partial charge in [0.1, 0.15) is 11.9 Å². The molecule has 0 bridgehead atoms. The highest BCUT2D eigenvalue weighted by atomic mass is 15.0. The Bertz CT molecular complexity index is 1050. The molecule has 4 aromatic rings. The Labute approximate surface area is 127 Å². The van der Waals surface area contributed by atoms with Gasteiger partial charge in [-0.1, -0.05) is 48.5 Å². The van der Waals surface area contributed by atoms with Crippen LogP contribution >= 0.6 is 0 Å². The highest BCUT2D eigenvalue weighted by molar-refractivity contribution is 6.02. The zero-order valence-corrected chi connectivity index (χ0v) is 11.8. The molecular formula is C19H13N3. The molecule has 0 fully saturated rings. The average molecular weight is 283 g/mol. The normalized spacial score (nSPS) is 10.9. The van der Waals surface area contributed by atoms with E-state index >= 15 is 0 Å². The molecule has 2 N–H and O–H groups in total. The molecule has 2 heterocycles. The van der Waals surface area contributed by atoms with Gasteiger partial charge in [-0.2, -0.15) is 5.26 Å². The first-order valence-corrected chi connectivity index (χ1v) is 7.08. The average Bonchev–Trinajstić information content (AvgIpc) is 2.87. The highest BCUT2D eigenvalue weighted by Crippen LogP contribution is 2.38. The summed E-state index contributed by atoms with van der Waals surface area (Å²) in [5, 5.41) is 11.9. The Kier molecular flexibility index (Phi) is 2.64. The van der Waals surface area contributed by atoms with Gasteiger partial charge in [0.2, 0.25) is 0 Å². The molecule has 0 aliphatic rings. The van der Waals surface area contributed by atoms with Gasteiger partial charge in [0, 0.05) is 11.8 Å². The quantitative estimate of drug-likeness (QED) is 0.569. The summed E-state index contributed by atoms with van der Waals surface area (Å²) < 4.78 is 1.87. The number of rotatable bonds is 1. The lowest BCUT2D eigenvalue weighted by molar-refractivity contribution is 1.21. The second-order valence-electron chi connectivity index (χ2n) is 5.23. The van der Waals surface area contributed by atoms with Gasteiger partial charge in [0.25, 0.3) is 0 Å². The van der Waals surface area contributed by atoms with Gasteiger partial charge in [-0.3, -0.25) is 0 Å². The molecule has 0 radical (unpaired) electrons. The number of fused-ring (bicyclic) bond motifs is 2. The van der Waals surface area contributed by atoms with E-state index in [4.69, 9.17) is 5.73 Å². The van der Waals surface area contributed by atoms with E-state index in [1.165, 1.54) is 0 Å². The SMILES string of the molecule is N#Cc1c(-c2cccc3ccccc23)c(N)n2ccccc12. The van der Waals surface area contributed by atoms with E-state index in [-0.39, 0.29) is 0 Å². The zero-order valence-electron chi connectivity index (χ0n) is 11.8. The lowest BCUT2D eigenvalue weighted by Crippen LogP contribution is -1.93. The minimum Gasteiger partial charge on any atom is -0.384 e. The lowest BCUT2D eigenvalue weighted by atomic mass is 9.97. The second kappa shape index (κ2) is 4.64. The summed E-state index contributed by atoms with van der Waals surface area (Å²) in [5.74, 6) is 0.600. The number of nitrogen functional groups attached to an aromatic ring is 1. The summed E-state index contributed by atoms with van der Waals surface area (Å²) in [4.78, 5) is 0. The number of anilines is 1. The third kappa shape index (κ3) is 1.61. The highest BCUT2D eigenvalue weighted by Gasteiger charge is 2.18. The summed E-state index contributed by atoms with van der Waals surface area (Å²) in [6.07, 6.45) is 1.89. The number of hydrogen-bond donors (Lipinski definition) is 1. The van der Waals surface area contributed by atoms with Crippen molar-refractivity contribution in [2.24, 2.45) is 0 Å². The maximum absolute atomic E-state index is 9.64. The third-order valence-electron chi connectivity index (χ3n) is 4.05. The minimum absolute atomic E-state index is 0.600. The Morgan fingerprint density at radius 2 is 1.68 bits per heavy atom. The third-order valence-corrected chi connectivity index (χ3v) is 4.05. The molecule has 104 valence electrons. The lowest BCUT2D eigenvalue weighted by Gasteiger charge is -2.07. The van der Waals surface area contributed by atoms with Crippen molar-refractivity contribution >= 4 is 22.1 Å². The van der Waals surface area contributed by atoms with Crippen LogP contribution in [0.15, 0.2) is 66.9 Å². The monoisotopic (exact) mass is 283 g/mol. The topological polar surface area (TPSA) is 54.2 Å². The van der Waals surface area contributed by atoms with Crippen LogP contribution in [-0.4, -0.2) is 4.40 Å². The molecule has 3 heteroatoms. The van der Waals surface area contributed by atoms with E-state index in [9.17, 15) is 5.26 Å². The molecule has 2 aromatic carbocycles. The van der Waals surface area contributed by atoms with Crippen molar-refractivity contribution in [2.45, 2.75) is 0 Å². The molecule has 2 aromatic heterocycles. The maximum Gasteiger partial charge on any atom is 0.117 e. The van der Waals surface area contributed by atoms with Crippen LogP contribution in [0.1, 0.15) is 5.56 Å². The van der Waals surface area contributed by atoms with Crippen LogP contribution in [0.3, 0.4) is 0 Å². The molecule has 0 saturated heterocycles. The predicted octanol–water partition coefficient (Wildman–Crippen LogP) is 4.21. The van der Waals surface area contributed by atoms with Crippen molar-refractivity contribution in [1.29, 1.82) is 5.26 Å². The second-order valence-corrected chi connectivity index (χ2v) is 5.23. The molecule has 0 aliphatic heterocycles. The largest absolute Gasteiger partial charge is 0.384 e. The van der Waals surface area contributed by atoms with Crippen molar-refractivity contribution in [3.05, 3.63) is 72.4 Å². The van der Waals surface area contributed by atoms with Gasteiger partial charge in [-0.05, 0) is 28.5 Å². The summed E-state index contributed by atoms with van der Waals surface area (Å²) >= 11 is 0. The van der Waals surface area contributed by atoms with E-state index in [1.807, 2.05) is 53.1 Å². The van der Waals surface area contributed by atoms with Crippen molar-refractivity contribution in [3.63, 3.8) is 0 Å². The number of nitrogens with zero attached hydrogens (tertiary/aromatic N) is 2. The van der Waals surface area contributed by atoms with Crippen molar-refractivity contribution < 1.29 is 0 Å². The molecule has 0 spiro atoms. The molecule has 0 amide bonds. The Balaban J connectivity index is 2.18. The number of hydrogen-bond acceptors (Lipinski definition) is 2. The molecule has 0 unspecified atom stereocenters. The number of nitriles is 1. The molecule has 22 heavy (non-hydrogen) atoms. The van der Waals surface area contributed by atoms with Gasteiger partial charge < -0.3 is 10.1 Å². The molecule has 0 atom stereocenters. The Morgan fingerprint density at radius 3 is 2.55 bits per heavy atom. The van der Waals surface area contributed by atoms with E-state index in [1.54, 1.807) is 0 Å². The fourth-order valence-electron chi connectivity index (χ4n) is 3.06. The predicted molar refractivity (Wildman–Crippen MR) is 89.5 cm³/mol. The molecule has 0 saturated carbocycles. The summed E-state index contributed by atoms with van der Waals surface area (Å²) in [5.41, 5.74) is 9.62. The number of nitrogens with two attached hydrogens (primary N) is 1. The van der Waals surface area contributed by atoms with E-state index in [0.29, 0.717) is 11.4 Å². The van der Waals surface area contributed by atoms with Crippen LogP contribution in [-0.2, 0) is 0 Å². The first kappa shape index (κ1) is 12.5. The van der Waals surface area contributed by atoms with Crippen LogP contribution in [0, 0.1) is 11.3 Å². The fraction of sp³-hybridized carbons (Fsp3) is 0. The van der Waals surface area contributed by atoms with Gasteiger partial charge in [-0.25, -0.2) is 0 Å². The maximum atomic E-state index is 9.64. The van der Waals surface area contributed by atoms with Crippen molar-refractivity contribution in [2.75, 3.05) is 5.73 Å². The summed E-state index contributed by atoms with van der Waals surface area (Å²) in [7, 11) is 0. The smallest absolute Gasteiger partial charge is 0.117 e. The molecule has 4 rings (SSSR count). The van der Waals surface area contributed by atoms with Crippen LogP contribution in [0.4, 0.5) is 5.82 Å². The first-order valence-electron chi connectivity index (χ1n) is 7.08. The summed E-state index contributed by atoms with van der Waals surface area (Å²) in [6.45, 7) is 0.